The molecule has 2 aromatic carbocycles. The monoisotopic (exact) mass is 294 g/mol. The first-order valence-corrected chi connectivity index (χ1v) is 6.35. The Hall–Kier alpha value is -1.71. The molecule has 0 bridgehead atoms. The molecule has 0 aliphatic rings. The number of carbonyl (C=O) groups excluding carboxylic acids is 1. The molecule has 0 aliphatic heterocycles. The van der Waals surface area contributed by atoms with Gasteiger partial charge in [-0.25, -0.2) is 0 Å². The molecule has 0 heterocycles. The number of hydrogen-bond acceptors (Lipinski definition) is 2. The van der Waals surface area contributed by atoms with E-state index in [1.807, 2.05) is 13.0 Å². The van der Waals surface area contributed by atoms with Crippen LogP contribution in [-0.2, 0) is 0 Å². The van der Waals surface area contributed by atoms with E-state index < -0.39 is 0 Å². The molecule has 19 heavy (non-hydrogen) atoms. The van der Waals surface area contributed by atoms with E-state index in [9.17, 15) is 4.79 Å². The highest BCUT2D eigenvalue weighted by Crippen LogP contribution is 2.25. The summed E-state index contributed by atoms with van der Waals surface area (Å²) in [5.74, 6) is -0.344. The Morgan fingerprint density at radius 3 is 2.53 bits per heavy atom. The van der Waals surface area contributed by atoms with Crippen molar-refractivity contribution >= 4 is 40.5 Å². The minimum absolute atomic E-state index is 0.318. The Kier molecular flexibility index (Phi) is 3.98. The van der Waals surface area contributed by atoms with E-state index in [0.717, 1.165) is 5.56 Å². The van der Waals surface area contributed by atoms with Crippen molar-refractivity contribution in [2.24, 2.45) is 0 Å². The van der Waals surface area contributed by atoms with Crippen LogP contribution >= 0.6 is 23.2 Å². The van der Waals surface area contributed by atoms with E-state index in [1.54, 1.807) is 24.3 Å². The summed E-state index contributed by atoms with van der Waals surface area (Å²) in [7, 11) is 0. The third-order valence-electron chi connectivity index (χ3n) is 2.61. The normalized spacial score (nSPS) is 10.3. The Labute approximate surface area is 121 Å². The molecule has 3 nitrogen and oxygen atoms in total. The fourth-order valence-corrected chi connectivity index (χ4v) is 2.11. The summed E-state index contributed by atoms with van der Waals surface area (Å²) in [6, 6.07) is 10.1. The van der Waals surface area contributed by atoms with Crippen molar-refractivity contribution in [1.29, 1.82) is 0 Å². The third kappa shape index (κ3) is 3.19. The van der Waals surface area contributed by atoms with Crippen LogP contribution in [-0.4, -0.2) is 5.91 Å². The van der Waals surface area contributed by atoms with Gasteiger partial charge in [-0.15, -0.1) is 0 Å². The standard InChI is InChI=1S/C14H12Cl2N2O/c1-8-2-5-13(12(16)6-8)18-14(19)10-7-9(17)3-4-11(10)15/h2-7H,17H2,1H3,(H,18,19). The Balaban J connectivity index is 2.28. The molecular formula is C14H12Cl2N2O. The summed E-state index contributed by atoms with van der Waals surface area (Å²) in [6.07, 6.45) is 0. The summed E-state index contributed by atoms with van der Waals surface area (Å²) in [5.41, 5.74) is 7.99. The van der Waals surface area contributed by atoms with Crippen molar-refractivity contribution in [3.05, 3.63) is 57.6 Å². The van der Waals surface area contributed by atoms with E-state index in [0.29, 0.717) is 27.0 Å². The predicted molar refractivity (Wildman–Crippen MR) is 80.0 cm³/mol. The van der Waals surface area contributed by atoms with Crippen molar-refractivity contribution in [3.63, 3.8) is 0 Å². The number of nitrogen functional groups attached to an aromatic ring is 1. The molecule has 0 aromatic heterocycles. The van der Waals surface area contributed by atoms with Crippen LogP contribution in [0.15, 0.2) is 36.4 Å². The van der Waals surface area contributed by atoms with Gasteiger partial charge in [0.15, 0.2) is 0 Å². The summed E-state index contributed by atoms with van der Waals surface area (Å²) in [6.45, 7) is 1.92. The molecule has 0 saturated carbocycles. The van der Waals surface area contributed by atoms with Crippen molar-refractivity contribution in [2.75, 3.05) is 11.1 Å². The van der Waals surface area contributed by atoms with Crippen LogP contribution in [0, 0.1) is 6.92 Å². The molecule has 1 amide bonds. The third-order valence-corrected chi connectivity index (χ3v) is 3.25. The lowest BCUT2D eigenvalue weighted by Gasteiger charge is -2.09. The number of carbonyl (C=O) groups is 1. The highest BCUT2D eigenvalue weighted by molar-refractivity contribution is 6.36. The number of hydrogen-bond donors (Lipinski definition) is 2. The van der Waals surface area contributed by atoms with E-state index in [-0.39, 0.29) is 5.91 Å². The highest BCUT2D eigenvalue weighted by Gasteiger charge is 2.12. The Morgan fingerprint density at radius 2 is 1.84 bits per heavy atom. The molecule has 0 saturated heterocycles. The van der Waals surface area contributed by atoms with Gasteiger partial charge >= 0.3 is 0 Å². The van der Waals surface area contributed by atoms with Crippen LogP contribution < -0.4 is 11.1 Å². The van der Waals surface area contributed by atoms with Crippen LogP contribution in [0.2, 0.25) is 10.0 Å². The zero-order chi connectivity index (χ0) is 14.0. The van der Waals surface area contributed by atoms with Crippen LogP contribution in [0.25, 0.3) is 0 Å². The van der Waals surface area contributed by atoms with E-state index in [4.69, 9.17) is 28.9 Å². The number of amides is 1. The maximum atomic E-state index is 12.1. The molecule has 0 unspecified atom stereocenters. The van der Waals surface area contributed by atoms with Gasteiger partial charge in [0, 0.05) is 5.69 Å². The van der Waals surface area contributed by atoms with Gasteiger partial charge in [0.1, 0.15) is 0 Å². The maximum Gasteiger partial charge on any atom is 0.257 e. The maximum absolute atomic E-state index is 12.1. The second-order valence-corrected chi connectivity index (χ2v) is 4.99. The molecule has 2 aromatic rings. The van der Waals surface area contributed by atoms with E-state index >= 15 is 0 Å². The highest BCUT2D eigenvalue weighted by atomic mass is 35.5. The second-order valence-electron chi connectivity index (χ2n) is 4.18. The molecule has 0 radical (unpaired) electrons. The second kappa shape index (κ2) is 5.51. The fraction of sp³-hybridized carbons (Fsp3) is 0.0714. The first-order chi connectivity index (χ1) is 8.97. The lowest BCUT2D eigenvalue weighted by Crippen LogP contribution is -2.13. The predicted octanol–water partition coefficient (Wildman–Crippen LogP) is 4.14. The number of benzene rings is 2. The first kappa shape index (κ1) is 13.7. The number of aryl methyl sites for hydroxylation is 1. The van der Waals surface area contributed by atoms with Crippen LogP contribution in [0.5, 0.6) is 0 Å². The van der Waals surface area contributed by atoms with E-state index in [1.165, 1.54) is 6.07 Å². The zero-order valence-corrected chi connectivity index (χ0v) is 11.7. The van der Waals surface area contributed by atoms with Crippen LogP contribution in [0.3, 0.4) is 0 Å². The van der Waals surface area contributed by atoms with Gasteiger partial charge in [0.25, 0.3) is 5.91 Å². The molecule has 0 fully saturated rings. The van der Waals surface area contributed by atoms with Crippen LogP contribution in [0.4, 0.5) is 11.4 Å². The molecule has 0 atom stereocenters. The van der Waals surface area contributed by atoms with E-state index in [2.05, 4.69) is 5.32 Å². The molecular weight excluding hydrogens is 283 g/mol. The fourth-order valence-electron chi connectivity index (χ4n) is 1.63. The van der Waals surface area contributed by atoms with Crippen LogP contribution in [0.1, 0.15) is 15.9 Å². The van der Waals surface area contributed by atoms with Gasteiger partial charge in [-0.1, -0.05) is 29.3 Å². The Bertz CT molecular complexity index is 641. The summed E-state index contributed by atoms with van der Waals surface area (Å²) < 4.78 is 0. The van der Waals surface area contributed by atoms with Gasteiger partial charge in [-0.3, -0.25) is 4.79 Å². The summed E-state index contributed by atoms with van der Waals surface area (Å²) in [4.78, 5) is 12.1. The van der Waals surface area contributed by atoms with Gasteiger partial charge < -0.3 is 11.1 Å². The largest absolute Gasteiger partial charge is 0.399 e. The summed E-state index contributed by atoms with van der Waals surface area (Å²) in [5, 5.41) is 3.53. The number of nitrogens with two attached hydrogens (primary N) is 1. The average Bonchev–Trinajstić information content (AvgIpc) is 2.35. The first-order valence-electron chi connectivity index (χ1n) is 5.60. The number of anilines is 2. The van der Waals surface area contributed by atoms with Crippen molar-refractivity contribution in [3.8, 4) is 0 Å². The molecule has 3 N–H and O–H groups in total. The van der Waals surface area contributed by atoms with Gasteiger partial charge in [0.2, 0.25) is 0 Å². The molecule has 2 rings (SSSR count). The smallest absolute Gasteiger partial charge is 0.257 e. The topological polar surface area (TPSA) is 55.1 Å². The van der Waals surface area contributed by atoms with Crippen molar-refractivity contribution in [1.82, 2.24) is 0 Å². The Morgan fingerprint density at radius 1 is 1.11 bits per heavy atom. The minimum Gasteiger partial charge on any atom is -0.399 e. The lowest BCUT2D eigenvalue weighted by atomic mass is 10.1. The van der Waals surface area contributed by atoms with Gasteiger partial charge in [0.05, 0.1) is 21.3 Å². The van der Waals surface area contributed by atoms with Crippen molar-refractivity contribution in [2.45, 2.75) is 6.92 Å². The molecule has 5 heteroatoms. The number of halogens is 2. The minimum atomic E-state index is -0.344. The molecule has 0 spiro atoms. The SMILES string of the molecule is Cc1ccc(NC(=O)c2cc(N)ccc2Cl)c(Cl)c1. The quantitative estimate of drug-likeness (QED) is 0.818. The molecule has 0 aliphatic carbocycles. The summed E-state index contributed by atoms with van der Waals surface area (Å²) >= 11 is 12.0. The lowest BCUT2D eigenvalue weighted by molar-refractivity contribution is 0.102. The number of rotatable bonds is 2. The average molecular weight is 295 g/mol. The van der Waals surface area contributed by atoms with Gasteiger partial charge in [-0.05, 0) is 42.8 Å². The zero-order valence-electron chi connectivity index (χ0n) is 10.2. The van der Waals surface area contributed by atoms with Gasteiger partial charge in [-0.2, -0.15) is 0 Å². The molecule has 98 valence electrons. The number of nitrogens with one attached hydrogen (secondary N) is 1. The van der Waals surface area contributed by atoms with Crippen molar-refractivity contribution < 1.29 is 4.79 Å².